The molecule has 1 aliphatic rings. The summed E-state index contributed by atoms with van der Waals surface area (Å²) in [6.07, 6.45) is 4.35. The molecular weight excluding hydrogens is 400 g/mol. The first-order valence-electron chi connectivity index (χ1n) is 11.4. The van der Waals surface area contributed by atoms with Crippen molar-refractivity contribution in [1.82, 2.24) is 9.47 Å². The van der Waals surface area contributed by atoms with Gasteiger partial charge in [-0.2, -0.15) is 0 Å². The van der Waals surface area contributed by atoms with Gasteiger partial charge >= 0.3 is 6.09 Å². The molecule has 1 aliphatic heterocycles. The fraction of sp³-hybridized carbons (Fsp3) is 0.407. The van der Waals surface area contributed by atoms with Crippen LogP contribution in [-0.2, 0) is 22.5 Å². The Bertz CT molecular complexity index is 1130. The first-order valence-corrected chi connectivity index (χ1v) is 11.4. The molecule has 168 valence electrons. The van der Waals surface area contributed by atoms with Crippen LogP contribution in [0.1, 0.15) is 56.2 Å². The number of carbonyl (C=O) groups is 2. The number of nitrogens with zero attached hydrogens (tertiary/aromatic N) is 2. The standard InChI is InChI=1S/C27H32N2O3/c1-19-18-28(15-8-11-20-9-6-5-7-10-20)24-17-21(12-13-22(19)24)23-14-16-29(25(23)30)26(31)32-27(2,3)4/h5-7,9-10,12-13,17-18,23H,8,11,14-16H2,1-4H3. The molecule has 1 fully saturated rings. The highest BCUT2D eigenvalue weighted by molar-refractivity contribution is 5.98. The summed E-state index contributed by atoms with van der Waals surface area (Å²) in [7, 11) is 0. The minimum Gasteiger partial charge on any atom is -0.443 e. The van der Waals surface area contributed by atoms with Gasteiger partial charge in [0.1, 0.15) is 5.60 Å². The largest absolute Gasteiger partial charge is 0.443 e. The lowest BCUT2D eigenvalue weighted by Gasteiger charge is -2.23. The summed E-state index contributed by atoms with van der Waals surface area (Å²) in [6, 6.07) is 16.8. The number of imide groups is 1. The summed E-state index contributed by atoms with van der Waals surface area (Å²) in [6.45, 7) is 8.88. The van der Waals surface area contributed by atoms with E-state index in [1.165, 1.54) is 21.4 Å². The monoisotopic (exact) mass is 432 g/mol. The zero-order chi connectivity index (χ0) is 22.9. The third kappa shape index (κ3) is 4.72. The van der Waals surface area contributed by atoms with Gasteiger partial charge in [-0.05, 0) is 69.7 Å². The van der Waals surface area contributed by atoms with E-state index in [1.807, 2.05) is 32.9 Å². The number of fused-ring (bicyclic) bond motifs is 1. The van der Waals surface area contributed by atoms with Crippen LogP contribution in [0.5, 0.6) is 0 Å². The molecule has 2 aromatic carbocycles. The lowest BCUT2D eigenvalue weighted by atomic mass is 9.96. The maximum atomic E-state index is 13.0. The maximum Gasteiger partial charge on any atom is 0.417 e. The van der Waals surface area contributed by atoms with E-state index in [0.29, 0.717) is 13.0 Å². The van der Waals surface area contributed by atoms with Crippen molar-refractivity contribution in [2.75, 3.05) is 6.54 Å². The molecule has 0 radical (unpaired) electrons. The van der Waals surface area contributed by atoms with Crippen molar-refractivity contribution in [2.24, 2.45) is 0 Å². The smallest absolute Gasteiger partial charge is 0.417 e. The number of likely N-dealkylation sites (tertiary alicyclic amines) is 1. The van der Waals surface area contributed by atoms with Crippen LogP contribution in [0.25, 0.3) is 10.9 Å². The lowest BCUT2D eigenvalue weighted by molar-refractivity contribution is -0.128. The summed E-state index contributed by atoms with van der Waals surface area (Å²) in [5.41, 5.74) is 4.08. The van der Waals surface area contributed by atoms with Crippen molar-refractivity contribution in [3.8, 4) is 0 Å². The molecular formula is C27H32N2O3. The molecule has 1 unspecified atom stereocenters. The Morgan fingerprint density at radius 1 is 1.12 bits per heavy atom. The van der Waals surface area contributed by atoms with Gasteiger partial charge in [0.2, 0.25) is 5.91 Å². The molecule has 32 heavy (non-hydrogen) atoms. The molecule has 1 saturated heterocycles. The van der Waals surface area contributed by atoms with Gasteiger partial charge in [-0.1, -0.05) is 42.5 Å². The van der Waals surface area contributed by atoms with Crippen LogP contribution in [0, 0.1) is 6.92 Å². The van der Waals surface area contributed by atoms with Crippen LogP contribution in [0.15, 0.2) is 54.7 Å². The molecule has 1 atom stereocenters. The van der Waals surface area contributed by atoms with Gasteiger partial charge in [0, 0.05) is 30.2 Å². The summed E-state index contributed by atoms with van der Waals surface area (Å²) in [5.74, 6) is -0.475. The summed E-state index contributed by atoms with van der Waals surface area (Å²) in [5, 5.41) is 1.21. The van der Waals surface area contributed by atoms with Gasteiger partial charge < -0.3 is 9.30 Å². The zero-order valence-corrected chi connectivity index (χ0v) is 19.4. The Morgan fingerprint density at radius 3 is 2.59 bits per heavy atom. The Balaban J connectivity index is 1.51. The molecule has 2 heterocycles. The average molecular weight is 433 g/mol. The number of hydrogen-bond donors (Lipinski definition) is 0. The van der Waals surface area contributed by atoms with E-state index < -0.39 is 11.7 Å². The number of rotatable bonds is 5. The van der Waals surface area contributed by atoms with E-state index in [1.54, 1.807) is 0 Å². The first kappa shape index (κ1) is 22.1. The lowest BCUT2D eigenvalue weighted by Crippen LogP contribution is -2.38. The van der Waals surface area contributed by atoms with Crippen LogP contribution >= 0.6 is 0 Å². The Morgan fingerprint density at radius 2 is 1.88 bits per heavy atom. The molecule has 3 aromatic rings. The Labute approximate surface area is 190 Å². The van der Waals surface area contributed by atoms with Gasteiger partial charge in [0.25, 0.3) is 0 Å². The molecule has 0 N–H and O–H groups in total. The number of benzene rings is 2. The van der Waals surface area contributed by atoms with E-state index in [2.05, 4.69) is 54.1 Å². The number of amides is 2. The van der Waals surface area contributed by atoms with Gasteiger partial charge in [0.15, 0.2) is 0 Å². The van der Waals surface area contributed by atoms with E-state index in [0.717, 1.165) is 30.5 Å². The average Bonchev–Trinajstić information content (AvgIpc) is 3.27. The Kier molecular flexibility index (Phi) is 6.09. The highest BCUT2D eigenvalue weighted by atomic mass is 16.6. The SMILES string of the molecule is Cc1cn(CCCc2ccccc2)c2cc(C3CCN(C(=O)OC(C)(C)C)C3=O)ccc12. The fourth-order valence-corrected chi connectivity index (χ4v) is 4.48. The second-order valence-corrected chi connectivity index (χ2v) is 9.68. The highest BCUT2D eigenvalue weighted by Crippen LogP contribution is 2.33. The van der Waals surface area contributed by atoms with Crippen molar-refractivity contribution in [2.45, 2.75) is 65.0 Å². The van der Waals surface area contributed by atoms with Crippen LogP contribution < -0.4 is 0 Å². The summed E-state index contributed by atoms with van der Waals surface area (Å²) < 4.78 is 7.71. The molecule has 0 saturated carbocycles. The fourth-order valence-electron chi connectivity index (χ4n) is 4.48. The second kappa shape index (κ2) is 8.81. The van der Waals surface area contributed by atoms with Gasteiger partial charge in [0.05, 0.1) is 5.92 Å². The Hall–Kier alpha value is -3.08. The number of ether oxygens (including phenoxy) is 1. The molecule has 2 amide bonds. The van der Waals surface area contributed by atoms with E-state index in [4.69, 9.17) is 4.74 Å². The minimum atomic E-state index is -0.619. The summed E-state index contributed by atoms with van der Waals surface area (Å²) in [4.78, 5) is 26.7. The molecule has 0 spiro atoms. The molecule has 1 aromatic heterocycles. The van der Waals surface area contributed by atoms with Crippen LogP contribution in [0.2, 0.25) is 0 Å². The van der Waals surface area contributed by atoms with E-state index >= 15 is 0 Å². The van der Waals surface area contributed by atoms with Crippen molar-refractivity contribution in [1.29, 1.82) is 0 Å². The van der Waals surface area contributed by atoms with Gasteiger partial charge in [-0.25, -0.2) is 9.69 Å². The van der Waals surface area contributed by atoms with Crippen LogP contribution in [-0.4, -0.2) is 33.6 Å². The van der Waals surface area contributed by atoms with Crippen molar-refractivity contribution < 1.29 is 14.3 Å². The van der Waals surface area contributed by atoms with Crippen molar-refractivity contribution in [3.05, 3.63) is 71.4 Å². The number of aromatic nitrogens is 1. The number of aryl methyl sites for hydroxylation is 3. The third-order valence-electron chi connectivity index (χ3n) is 6.03. The van der Waals surface area contributed by atoms with Crippen LogP contribution in [0.4, 0.5) is 4.79 Å². The number of carbonyl (C=O) groups excluding carboxylic acids is 2. The second-order valence-electron chi connectivity index (χ2n) is 9.68. The van der Waals surface area contributed by atoms with Crippen molar-refractivity contribution >= 4 is 22.9 Å². The maximum absolute atomic E-state index is 13.0. The van der Waals surface area contributed by atoms with Gasteiger partial charge in [-0.15, -0.1) is 0 Å². The van der Waals surface area contributed by atoms with E-state index in [9.17, 15) is 9.59 Å². The highest BCUT2D eigenvalue weighted by Gasteiger charge is 2.38. The zero-order valence-electron chi connectivity index (χ0n) is 19.4. The minimum absolute atomic E-state index is 0.169. The predicted molar refractivity (Wildman–Crippen MR) is 127 cm³/mol. The van der Waals surface area contributed by atoms with E-state index in [-0.39, 0.29) is 11.8 Å². The summed E-state index contributed by atoms with van der Waals surface area (Å²) >= 11 is 0. The topological polar surface area (TPSA) is 51.5 Å². The molecule has 0 aliphatic carbocycles. The third-order valence-corrected chi connectivity index (χ3v) is 6.03. The molecule has 5 nitrogen and oxygen atoms in total. The molecule has 5 heteroatoms. The first-order chi connectivity index (χ1) is 15.2. The number of hydrogen-bond acceptors (Lipinski definition) is 3. The molecule has 4 rings (SSSR count). The quantitative estimate of drug-likeness (QED) is 0.509. The predicted octanol–water partition coefficient (Wildman–Crippen LogP) is 5.83. The van der Waals surface area contributed by atoms with Crippen LogP contribution in [0.3, 0.4) is 0 Å². The van der Waals surface area contributed by atoms with Crippen molar-refractivity contribution in [3.63, 3.8) is 0 Å². The normalized spacial score (nSPS) is 16.7. The van der Waals surface area contributed by atoms with Gasteiger partial charge in [-0.3, -0.25) is 4.79 Å². The molecule has 0 bridgehead atoms.